The minimum atomic E-state index is 0.247. The van der Waals surface area contributed by atoms with E-state index in [1.165, 1.54) is 0 Å². The van der Waals surface area contributed by atoms with Crippen molar-refractivity contribution in [3.8, 4) is 0 Å². The first-order chi connectivity index (χ1) is 10.4. The molecular formula is C21H14. The normalized spacial score (nSPS) is 29.1. The van der Waals surface area contributed by atoms with Gasteiger partial charge in [0.05, 0.1) is 0 Å². The minimum Gasteiger partial charge on any atom is -0.0620 e. The first-order valence-corrected chi connectivity index (χ1v) is 7.71. The van der Waals surface area contributed by atoms with Crippen molar-refractivity contribution in [2.45, 2.75) is 17.3 Å². The van der Waals surface area contributed by atoms with Crippen LogP contribution in [0.3, 0.4) is 0 Å². The Morgan fingerprint density at radius 1 is 0.476 bits per heavy atom. The lowest BCUT2D eigenvalue weighted by Crippen LogP contribution is -2.52. The maximum Gasteiger partial charge on any atom is 0.0427 e. The molecule has 3 aliphatic carbocycles. The summed E-state index contributed by atoms with van der Waals surface area (Å²) in [7, 11) is 0. The summed E-state index contributed by atoms with van der Waals surface area (Å²) >= 11 is 0. The van der Waals surface area contributed by atoms with Gasteiger partial charge >= 0.3 is 0 Å². The molecule has 6 rings (SSSR count). The number of hydrogen-bond donors (Lipinski definition) is 0. The fourth-order valence-electron chi connectivity index (χ4n) is 5.38. The summed E-state index contributed by atoms with van der Waals surface area (Å²) < 4.78 is 0. The maximum absolute atomic E-state index is 2.35. The first kappa shape index (κ1) is 10.4. The summed E-state index contributed by atoms with van der Waals surface area (Å²) in [6.07, 6.45) is 0. The zero-order chi connectivity index (χ0) is 13.6. The van der Waals surface area contributed by atoms with Crippen molar-refractivity contribution in [2.75, 3.05) is 0 Å². The highest BCUT2D eigenvalue weighted by Gasteiger charge is 2.68. The van der Waals surface area contributed by atoms with Crippen molar-refractivity contribution < 1.29 is 0 Å². The third-order valence-corrected chi connectivity index (χ3v) is 5.96. The van der Waals surface area contributed by atoms with Gasteiger partial charge in [0.2, 0.25) is 0 Å². The molecule has 3 aliphatic rings. The van der Waals surface area contributed by atoms with Gasteiger partial charge in [0.25, 0.3) is 0 Å². The lowest BCUT2D eigenvalue weighted by atomic mass is 9.43. The van der Waals surface area contributed by atoms with Gasteiger partial charge in [-0.15, -0.1) is 0 Å². The Morgan fingerprint density at radius 2 is 0.857 bits per heavy atom. The van der Waals surface area contributed by atoms with Crippen molar-refractivity contribution in [2.24, 2.45) is 0 Å². The van der Waals surface area contributed by atoms with Gasteiger partial charge < -0.3 is 0 Å². The summed E-state index contributed by atoms with van der Waals surface area (Å²) in [5.74, 6) is 1.15. The van der Waals surface area contributed by atoms with Crippen molar-refractivity contribution in [1.29, 1.82) is 0 Å². The summed E-state index contributed by atoms with van der Waals surface area (Å²) in [5, 5.41) is 0. The van der Waals surface area contributed by atoms with Gasteiger partial charge in [-0.25, -0.2) is 0 Å². The van der Waals surface area contributed by atoms with Crippen LogP contribution in [0.25, 0.3) is 0 Å². The van der Waals surface area contributed by atoms with E-state index in [-0.39, 0.29) is 5.41 Å². The van der Waals surface area contributed by atoms with Crippen LogP contribution in [0.2, 0.25) is 0 Å². The summed E-state index contributed by atoms with van der Waals surface area (Å²) in [4.78, 5) is 0. The third-order valence-electron chi connectivity index (χ3n) is 5.96. The Labute approximate surface area is 124 Å². The van der Waals surface area contributed by atoms with Crippen LogP contribution in [0, 0.1) is 0 Å². The van der Waals surface area contributed by atoms with E-state index in [1.807, 2.05) is 0 Å². The first-order valence-electron chi connectivity index (χ1n) is 7.71. The molecule has 2 atom stereocenters. The van der Waals surface area contributed by atoms with E-state index in [1.54, 1.807) is 33.4 Å². The van der Waals surface area contributed by atoms with Gasteiger partial charge in [0.1, 0.15) is 0 Å². The molecule has 0 nitrogen and oxygen atoms in total. The van der Waals surface area contributed by atoms with Crippen LogP contribution in [-0.2, 0) is 5.41 Å². The predicted molar refractivity (Wildman–Crippen MR) is 83.8 cm³/mol. The zero-order valence-electron chi connectivity index (χ0n) is 11.6. The van der Waals surface area contributed by atoms with Crippen molar-refractivity contribution in [1.82, 2.24) is 0 Å². The lowest BCUT2D eigenvalue weighted by Gasteiger charge is -2.58. The van der Waals surface area contributed by atoms with Gasteiger partial charge in [-0.3, -0.25) is 0 Å². The number of rotatable bonds is 0. The van der Waals surface area contributed by atoms with E-state index in [9.17, 15) is 0 Å². The van der Waals surface area contributed by atoms with Gasteiger partial charge in [-0.2, -0.15) is 0 Å². The van der Waals surface area contributed by atoms with E-state index >= 15 is 0 Å². The van der Waals surface area contributed by atoms with Crippen molar-refractivity contribution in [3.05, 3.63) is 106 Å². The molecule has 21 heavy (non-hydrogen) atoms. The van der Waals surface area contributed by atoms with Gasteiger partial charge in [0.15, 0.2) is 0 Å². The Hall–Kier alpha value is -2.34. The Balaban J connectivity index is 1.77. The highest BCUT2D eigenvalue weighted by atomic mass is 14.7. The summed E-state index contributed by atoms with van der Waals surface area (Å²) in [6, 6.07) is 27.2. The average Bonchev–Trinajstić information content (AvgIpc) is 2.73. The maximum atomic E-state index is 2.35. The highest BCUT2D eigenvalue weighted by molar-refractivity contribution is 5.78. The monoisotopic (exact) mass is 266 g/mol. The quantitative estimate of drug-likeness (QED) is 0.559. The van der Waals surface area contributed by atoms with E-state index in [0.29, 0.717) is 11.8 Å². The molecule has 3 aromatic rings. The topological polar surface area (TPSA) is 0 Å². The Morgan fingerprint density at radius 3 is 1.33 bits per heavy atom. The summed E-state index contributed by atoms with van der Waals surface area (Å²) in [6.45, 7) is 0. The van der Waals surface area contributed by atoms with Gasteiger partial charge in [0, 0.05) is 17.3 Å². The van der Waals surface area contributed by atoms with Crippen molar-refractivity contribution >= 4 is 0 Å². The zero-order valence-corrected chi connectivity index (χ0v) is 11.6. The Bertz CT molecular complexity index is 830. The van der Waals surface area contributed by atoms with Crippen molar-refractivity contribution in [3.63, 3.8) is 0 Å². The average molecular weight is 266 g/mol. The van der Waals surface area contributed by atoms with Crippen LogP contribution in [0.4, 0.5) is 0 Å². The molecule has 0 radical (unpaired) electrons. The number of fused-ring (bicyclic) bond motifs is 7. The minimum absolute atomic E-state index is 0.247. The molecule has 3 aromatic carbocycles. The standard InChI is InChI=1S/C21H14/c1-2-8-14-13(7-1)19-15-9-3-5-11-17(15)21(19)18-12-6-4-10-16(18)20(14)21/h1-12,19-20H. The molecule has 0 bridgehead atoms. The molecule has 0 fully saturated rings. The molecule has 0 saturated carbocycles. The van der Waals surface area contributed by atoms with E-state index < -0.39 is 0 Å². The van der Waals surface area contributed by atoms with E-state index in [0.717, 1.165) is 0 Å². The SMILES string of the molecule is c1ccc2c(c1)C1c3ccccc3C13c1ccccc1C23. The van der Waals surface area contributed by atoms with Gasteiger partial charge in [-0.1, -0.05) is 72.8 Å². The molecule has 0 saturated heterocycles. The lowest BCUT2D eigenvalue weighted by molar-refractivity contribution is 0.332. The van der Waals surface area contributed by atoms with Crippen LogP contribution < -0.4 is 0 Å². The summed E-state index contributed by atoms with van der Waals surface area (Å²) in [5.41, 5.74) is 9.57. The highest BCUT2D eigenvalue weighted by Crippen LogP contribution is 2.76. The van der Waals surface area contributed by atoms with Crippen LogP contribution >= 0.6 is 0 Å². The number of benzene rings is 3. The van der Waals surface area contributed by atoms with Crippen LogP contribution in [0.5, 0.6) is 0 Å². The van der Waals surface area contributed by atoms with Crippen LogP contribution in [-0.4, -0.2) is 0 Å². The fourth-order valence-corrected chi connectivity index (χ4v) is 5.38. The predicted octanol–water partition coefficient (Wildman–Crippen LogP) is 4.58. The van der Waals surface area contributed by atoms with E-state index in [4.69, 9.17) is 0 Å². The molecule has 0 heterocycles. The second kappa shape index (κ2) is 3.12. The Kier molecular flexibility index (Phi) is 1.54. The van der Waals surface area contributed by atoms with Crippen LogP contribution in [0.15, 0.2) is 72.8 Å². The molecule has 98 valence electrons. The second-order valence-corrected chi connectivity index (χ2v) is 6.54. The second-order valence-electron chi connectivity index (χ2n) is 6.54. The van der Waals surface area contributed by atoms with Crippen LogP contribution in [0.1, 0.15) is 45.2 Å². The number of hydrogen-bond acceptors (Lipinski definition) is 0. The third kappa shape index (κ3) is 0.867. The molecule has 0 aliphatic heterocycles. The molecule has 0 heteroatoms. The smallest absolute Gasteiger partial charge is 0.0427 e. The fraction of sp³-hybridized carbons (Fsp3) is 0.143. The molecule has 0 amide bonds. The van der Waals surface area contributed by atoms with Gasteiger partial charge in [-0.05, 0) is 33.4 Å². The van der Waals surface area contributed by atoms with E-state index in [2.05, 4.69) is 72.8 Å². The molecule has 0 aromatic heterocycles. The molecule has 0 N–H and O–H groups in total. The molecule has 1 spiro atoms. The molecular weight excluding hydrogens is 252 g/mol. The molecule has 2 unspecified atom stereocenters. The largest absolute Gasteiger partial charge is 0.0620 e.